The number of methoxy groups -OCH3 is 2. The third kappa shape index (κ3) is 19.0. The number of carbonyl (C=O) groups is 8. The lowest BCUT2D eigenvalue weighted by Gasteiger charge is -2.42. The maximum Gasteiger partial charge on any atom is 0.412 e. The van der Waals surface area contributed by atoms with Crippen molar-refractivity contribution in [3.8, 4) is 5.75 Å². The number of amides is 8. The molecule has 9 atom stereocenters. The predicted molar refractivity (Wildman–Crippen MR) is 319 cm³/mol. The highest BCUT2D eigenvalue weighted by Gasteiger charge is 2.64. The molecule has 83 heavy (non-hydrogen) atoms. The van der Waals surface area contributed by atoms with Crippen molar-refractivity contribution >= 4 is 108 Å². The molecule has 5 rings (SSSR count). The first kappa shape index (κ1) is 67.8. The van der Waals surface area contributed by atoms with Gasteiger partial charge in [-0.1, -0.05) is 88.0 Å². The molecule has 3 aliphatic heterocycles. The van der Waals surface area contributed by atoms with E-state index in [-0.39, 0.29) is 73.3 Å². The van der Waals surface area contributed by atoms with Crippen molar-refractivity contribution in [2.45, 2.75) is 147 Å². The van der Waals surface area contributed by atoms with Crippen molar-refractivity contribution in [1.29, 1.82) is 0 Å². The Morgan fingerprint density at radius 1 is 0.988 bits per heavy atom. The lowest BCUT2D eigenvalue weighted by molar-refractivity contribution is -0.147. The number of benzene rings is 2. The molecule has 9 N–H and O–H groups in total. The van der Waals surface area contributed by atoms with Crippen LogP contribution in [0.25, 0.3) is 0 Å². The van der Waals surface area contributed by atoms with E-state index in [1.165, 1.54) is 31.3 Å². The van der Waals surface area contributed by atoms with E-state index < -0.39 is 96.1 Å². The number of aryl methyl sites for hydroxylation is 1. The summed E-state index contributed by atoms with van der Waals surface area (Å²) in [7, 11) is 4.41. The number of urea groups is 1. The van der Waals surface area contributed by atoms with Gasteiger partial charge in [0.2, 0.25) is 23.6 Å². The molecule has 8 amide bonds. The number of fused-ring (bicyclic) bond motifs is 5. The van der Waals surface area contributed by atoms with Crippen LogP contribution in [0.3, 0.4) is 0 Å². The number of hydrogen-bond acceptors (Lipinski definition) is 15. The normalized spacial score (nSPS) is 24.3. The molecule has 3 aliphatic rings. The number of esters is 1. The number of ether oxygens (including phenoxy) is 6. The Labute approximate surface area is 506 Å². The average molecular weight is 1310 g/mol. The Hall–Kier alpha value is -5.99. The van der Waals surface area contributed by atoms with Crippen molar-refractivity contribution in [2.24, 2.45) is 23.5 Å². The first-order valence-electron chi connectivity index (χ1n) is 27.5. The Morgan fingerprint density at radius 3 is 2.36 bits per heavy atom. The molecule has 23 nitrogen and oxygen atoms in total. The summed E-state index contributed by atoms with van der Waals surface area (Å²) in [5.74, 6) is -3.35. The van der Waals surface area contributed by atoms with Gasteiger partial charge in [0.15, 0.2) is 5.72 Å². The Bertz CT molecular complexity index is 2730. The summed E-state index contributed by atoms with van der Waals surface area (Å²) in [4.78, 5) is 107. The minimum Gasteiger partial charge on any atom is -0.495 e. The van der Waals surface area contributed by atoms with Gasteiger partial charge in [-0.3, -0.25) is 34.6 Å². The third-order valence-corrected chi connectivity index (χ3v) is 16.7. The maximum absolute atomic E-state index is 14.4. The standard InChI is InChI=1S/C57H79Br2ClN8O15/c1-31(2)48(66-45(69)18-11-10-12-22-80-52(73)36(29-58)30-59)51(72)64-39(16-14-21-62-53(61)74)50(71)63-37-19-20-38(33(4)24-37)65-54(75)82-44-27-46(70)68(7)40-25-35(26-41(78-8)47(40)60)23-32(3)15-13-17-43(79-9)57(77)28-42(81-55(76)67-57)34(5)49-56(44,6)83-49/h13,15,17,19-20,24-26,31,34,36,39,42-44,48-49,77H,10-12,14,16,18,21-23,27-30H2,1-9H3,(H,63,71)(H,64,72)(H,65,75)(H,66,69)(H,67,76)(H3,61,62,74)/b17-13+,32-15+/t34-,39+,42+,43-,44+,48+,49+,56+,57+/m1/s1. The molecule has 2 saturated heterocycles. The summed E-state index contributed by atoms with van der Waals surface area (Å²) in [5.41, 5.74) is 5.06. The molecule has 2 aromatic rings. The van der Waals surface area contributed by atoms with Gasteiger partial charge in [-0.05, 0) is 107 Å². The molecular weight excluding hydrogens is 1230 g/mol. The van der Waals surface area contributed by atoms with Gasteiger partial charge in [-0.15, -0.1) is 0 Å². The highest BCUT2D eigenvalue weighted by molar-refractivity contribution is 9.09. The summed E-state index contributed by atoms with van der Waals surface area (Å²) >= 11 is 13.4. The summed E-state index contributed by atoms with van der Waals surface area (Å²) in [6, 6.07) is 5.26. The van der Waals surface area contributed by atoms with Crippen LogP contribution in [0.15, 0.2) is 54.1 Å². The summed E-state index contributed by atoms with van der Waals surface area (Å²) in [6.07, 6.45) is 1.38. The van der Waals surface area contributed by atoms with Crippen molar-refractivity contribution < 1.29 is 71.9 Å². The summed E-state index contributed by atoms with van der Waals surface area (Å²) in [5, 5.41) is 29.1. The first-order valence-corrected chi connectivity index (χ1v) is 30.1. The van der Waals surface area contributed by atoms with Gasteiger partial charge in [0.05, 0.1) is 37.8 Å². The number of nitrogens with two attached hydrogens (primary N) is 1. The molecule has 0 unspecified atom stereocenters. The predicted octanol–water partition coefficient (Wildman–Crippen LogP) is 7.20. The second kappa shape index (κ2) is 31.2. The number of nitrogens with zero attached hydrogens (tertiary/aromatic N) is 1. The van der Waals surface area contributed by atoms with Gasteiger partial charge in [-0.25, -0.2) is 14.4 Å². The number of epoxide rings is 1. The quantitative estimate of drug-likeness (QED) is 0.0179. The number of aliphatic hydroxyl groups is 1. The largest absolute Gasteiger partial charge is 0.495 e. The summed E-state index contributed by atoms with van der Waals surface area (Å²) < 4.78 is 34.8. The van der Waals surface area contributed by atoms with Crippen molar-refractivity contribution in [3.05, 3.63) is 70.3 Å². The fraction of sp³-hybridized carbons (Fsp3) is 0.579. The minimum absolute atomic E-state index is 0.0709. The number of anilines is 3. The molecule has 0 aliphatic carbocycles. The van der Waals surface area contributed by atoms with Crippen molar-refractivity contribution in [1.82, 2.24) is 21.3 Å². The molecule has 0 aromatic heterocycles. The highest BCUT2D eigenvalue weighted by atomic mass is 79.9. The van der Waals surface area contributed by atoms with Gasteiger partial charge >= 0.3 is 24.2 Å². The molecule has 26 heteroatoms. The zero-order valence-electron chi connectivity index (χ0n) is 48.3. The van der Waals surface area contributed by atoms with Crippen LogP contribution in [0.4, 0.5) is 31.4 Å². The smallest absolute Gasteiger partial charge is 0.412 e. The number of allylic oxidation sites excluding steroid dienone is 3. The second-order valence-corrected chi connectivity index (χ2v) is 23.3. The lowest BCUT2D eigenvalue weighted by Crippen LogP contribution is -2.63. The van der Waals surface area contributed by atoms with E-state index in [4.69, 9.17) is 45.8 Å². The van der Waals surface area contributed by atoms with Gasteiger partial charge in [-0.2, -0.15) is 0 Å². The van der Waals surface area contributed by atoms with E-state index >= 15 is 0 Å². The van der Waals surface area contributed by atoms with Crippen LogP contribution in [0, 0.1) is 24.7 Å². The van der Waals surface area contributed by atoms with Crippen LogP contribution in [-0.2, 0) is 54.1 Å². The number of rotatable bonds is 23. The zero-order chi connectivity index (χ0) is 61.3. The monoisotopic (exact) mass is 1310 g/mol. The summed E-state index contributed by atoms with van der Waals surface area (Å²) in [6.45, 7) is 10.9. The minimum atomic E-state index is -1.90. The van der Waals surface area contributed by atoms with Crippen molar-refractivity contribution in [2.75, 3.05) is 60.6 Å². The fourth-order valence-electron chi connectivity index (χ4n) is 9.84. The van der Waals surface area contributed by atoms with E-state index in [1.807, 2.05) is 13.0 Å². The molecule has 0 saturated carbocycles. The second-order valence-electron chi connectivity index (χ2n) is 21.6. The van der Waals surface area contributed by atoms with Crippen LogP contribution >= 0.6 is 43.5 Å². The Morgan fingerprint density at radius 2 is 1.71 bits per heavy atom. The van der Waals surface area contributed by atoms with Crippen LogP contribution < -0.4 is 47.3 Å². The fourth-order valence-corrected chi connectivity index (χ4v) is 11.7. The van der Waals surface area contributed by atoms with Crippen LogP contribution in [0.5, 0.6) is 5.75 Å². The Kier molecular flexibility index (Phi) is 25.5. The van der Waals surface area contributed by atoms with Gasteiger partial charge in [0.1, 0.15) is 46.8 Å². The number of carbonyl (C=O) groups excluding carboxylic acids is 8. The van der Waals surface area contributed by atoms with Crippen LogP contribution in [0.2, 0.25) is 5.02 Å². The number of unbranched alkanes of at least 4 members (excludes halogenated alkanes) is 2. The van der Waals surface area contributed by atoms with Gasteiger partial charge in [0.25, 0.3) is 0 Å². The number of alkyl carbamates (subject to hydrolysis) is 1. The van der Waals surface area contributed by atoms with E-state index in [2.05, 4.69) is 63.8 Å². The van der Waals surface area contributed by atoms with Crippen LogP contribution in [-0.4, -0.2) is 146 Å². The van der Waals surface area contributed by atoms with Gasteiger partial charge < -0.3 is 65.4 Å². The molecule has 0 spiro atoms. The van der Waals surface area contributed by atoms with Crippen molar-refractivity contribution in [3.63, 3.8) is 0 Å². The third-order valence-electron chi connectivity index (χ3n) is 14.8. The molecule has 4 bridgehead atoms. The maximum atomic E-state index is 14.4. The lowest BCUT2D eigenvalue weighted by atomic mass is 9.83. The number of nitrogens with one attached hydrogen (secondary N) is 6. The zero-order valence-corrected chi connectivity index (χ0v) is 52.3. The molecule has 2 aromatic carbocycles. The first-order chi connectivity index (χ1) is 39.3. The Balaban J connectivity index is 1.31. The van der Waals surface area contributed by atoms with E-state index in [0.29, 0.717) is 59.0 Å². The number of hydrogen-bond donors (Lipinski definition) is 8. The van der Waals surface area contributed by atoms with E-state index in [9.17, 15) is 43.5 Å². The van der Waals surface area contributed by atoms with E-state index in [0.717, 1.165) is 11.1 Å². The molecule has 3 heterocycles. The average Bonchev–Trinajstić information content (AvgIpc) is 1.91. The highest BCUT2D eigenvalue weighted by Crippen LogP contribution is 2.49. The molecular formula is C57H79Br2ClN8O15. The number of alkyl halides is 2. The number of halogens is 3. The SMILES string of the molecule is COc1cc2cc(c1Cl)N(C)C(=O)C[C@H](OC(=O)Nc1ccc(NC(=O)[C@H](CCCNC(N)=O)NC(=O)[C@@H](NC(=O)CCCCCOC(=O)C(CBr)CBr)C(C)C)cc1C)[C@]1(C)O[C@H]1[C@H](C)[C@@H]1C[C@@](O)(NC(=O)O1)[C@H](OC)/C=C/C=C(\C)C2. The van der Waals surface area contributed by atoms with Gasteiger partial charge in [0, 0.05) is 61.5 Å². The molecule has 458 valence electrons. The molecule has 0 radical (unpaired) electrons. The van der Waals surface area contributed by atoms with E-state index in [1.54, 1.807) is 72.0 Å². The number of primary amides is 1. The van der Waals surface area contributed by atoms with Crippen LogP contribution in [0.1, 0.15) is 97.1 Å². The molecule has 2 fully saturated rings. The topological polar surface area (TPSA) is 317 Å².